The first-order valence-corrected chi connectivity index (χ1v) is 6.96. The average molecular weight is 282 g/mol. The number of hydrogen-bond donors (Lipinski definition) is 0. The Kier molecular flexibility index (Phi) is 2.97. The first-order chi connectivity index (χ1) is 9.89. The summed E-state index contributed by atoms with van der Waals surface area (Å²) in [7, 11) is 0. The quantitative estimate of drug-likeness (QED) is 0.679. The molecular formula is C17H18N2O2. The highest BCUT2D eigenvalue weighted by Gasteiger charge is 2.28. The minimum atomic E-state index is -0.242. The van der Waals surface area contributed by atoms with Crippen molar-refractivity contribution in [2.45, 2.75) is 33.1 Å². The van der Waals surface area contributed by atoms with E-state index in [2.05, 4.69) is 20.8 Å². The van der Waals surface area contributed by atoms with Gasteiger partial charge >= 0.3 is 0 Å². The summed E-state index contributed by atoms with van der Waals surface area (Å²) in [5.41, 5.74) is 2.50. The van der Waals surface area contributed by atoms with Crippen molar-refractivity contribution in [1.82, 2.24) is 9.55 Å². The van der Waals surface area contributed by atoms with Crippen LogP contribution in [0.25, 0.3) is 11.0 Å². The Hall–Kier alpha value is -2.36. The smallest absolute Gasteiger partial charge is 0.299 e. The van der Waals surface area contributed by atoms with Gasteiger partial charge in [0.2, 0.25) is 0 Å². The highest BCUT2D eigenvalue weighted by Crippen LogP contribution is 2.28. The van der Waals surface area contributed by atoms with E-state index in [9.17, 15) is 4.79 Å². The minimum absolute atomic E-state index is 0.182. The molecule has 4 nitrogen and oxygen atoms in total. The molecule has 0 N–H and O–H groups in total. The van der Waals surface area contributed by atoms with E-state index in [1.807, 2.05) is 25.1 Å². The number of carbonyl (C=O) groups is 1. The maximum Gasteiger partial charge on any atom is 0.299 e. The van der Waals surface area contributed by atoms with E-state index in [0.717, 1.165) is 22.4 Å². The molecule has 0 bridgehead atoms. The molecule has 2 aromatic heterocycles. The second-order valence-corrected chi connectivity index (χ2v) is 6.25. The van der Waals surface area contributed by atoms with Crippen LogP contribution in [-0.2, 0) is 5.41 Å². The topological polar surface area (TPSA) is 48.0 Å². The van der Waals surface area contributed by atoms with E-state index in [0.29, 0.717) is 5.76 Å². The fourth-order valence-electron chi connectivity index (χ4n) is 2.46. The maximum atomic E-state index is 12.8. The number of carbonyl (C=O) groups excluding carboxylic acids is 1. The Morgan fingerprint density at radius 3 is 2.57 bits per heavy atom. The second-order valence-electron chi connectivity index (χ2n) is 6.25. The molecule has 0 unspecified atom stereocenters. The van der Waals surface area contributed by atoms with Crippen LogP contribution in [0, 0.1) is 6.92 Å². The second kappa shape index (κ2) is 4.58. The molecule has 1 aromatic carbocycles. The summed E-state index contributed by atoms with van der Waals surface area (Å²) in [6, 6.07) is 9.26. The highest BCUT2D eigenvalue weighted by atomic mass is 16.3. The molecule has 0 fully saturated rings. The van der Waals surface area contributed by atoms with Crippen molar-refractivity contribution in [2.75, 3.05) is 0 Å². The van der Waals surface area contributed by atoms with Crippen molar-refractivity contribution >= 4 is 16.9 Å². The van der Waals surface area contributed by atoms with Gasteiger partial charge in [-0.3, -0.25) is 9.36 Å². The summed E-state index contributed by atoms with van der Waals surface area (Å²) >= 11 is 0. The molecular weight excluding hydrogens is 264 g/mol. The van der Waals surface area contributed by atoms with Gasteiger partial charge in [-0.25, -0.2) is 4.98 Å². The van der Waals surface area contributed by atoms with E-state index in [-0.39, 0.29) is 11.3 Å². The van der Waals surface area contributed by atoms with Crippen molar-refractivity contribution in [1.29, 1.82) is 0 Å². The molecule has 0 aliphatic carbocycles. The molecule has 108 valence electrons. The van der Waals surface area contributed by atoms with Gasteiger partial charge in [0, 0.05) is 5.41 Å². The van der Waals surface area contributed by atoms with Gasteiger partial charge in [0.1, 0.15) is 5.82 Å². The highest BCUT2D eigenvalue weighted by molar-refractivity contribution is 6.00. The number of aryl methyl sites for hydroxylation is 1. The Balaban J connectivity index is 2.34. The van der Waals surface area contributed by atoms with Crippen LogP contribution >= 0.6 is 0 Å². The number of benzene rings is 1. The number of nitrogens with zero attached hydrogens (tertiary/aromatic N) is 2. The molecule has 4 heteroatoms. The van der Waals surface area contributed by atoms with Gasteiger partial charge in [-0.05, 0) is 30.7 Å². The number of hydrogen-bond acceptors (Lipinski definition) is 3. The molecule has 0 amide bonds. The molecule has 0 atom stereocenters. The predicted molar refractivity (Wildman–Crippen MR) is 81.6 cm³/mol. The van der Waals surface area contributed by atoms with Crippen LogP contribution in [0.1, 0.15) is 42.7 Å². The van der Waals surface area contributed by atoms with Crippen molar-refractivity contribution in [3.05, 3.63) is 53.7 Å². The zero-order valence-corrected chi connectivity index (χ0v) is 12.7. The number of para-hydroxylation sites is 1. The Morgan fingerprint density at radius 2 is 1.95 bits per heavy atom. The zero-order valence-electron chi connectivity index (χ0n) is 12.7. The van der Waals surface area contributed by atoms with E-state index in [1.54, 1.807) is 16.7 Å². The summed E-state index contributed by atoms with van der Waals surface area (Å²) in [4.78, 5) is 17.5. The SMILES string of the molecule is Cc1cccc2c1nc(C(C)(C)C)n2C(=O)c1ccco1. The Bertz CT molecular complexity index is 805. The minimum Gasteiger partial charge on any atom is -0.459 e. The monoisotopic (exact) mass is 282 g/mol. The van der Waals surface area contributed by atoms with E-state index >= 15 is 0 Å². The van der Waals surface area contributed by atoms with Crippen molar-refractivity contribution < 1.29 is 9.21 Å². The van der Waals surface area contributed by atoms with Gasteiger partial charge < -0.3 is 4.42 Å². The molecule has 0 radical (unpaired) electrons. The van der Waals surface area contributed by atoms with Crippen LogP contribution in [0.2, 0.25) is 0 Å². The summed E-state index contributed by atoms with van der Waals surface area (Å²) < 4.78 is 6.94. The van der Waals surface area contributed by atoms with Gasteiger partial charge in [-0.2, -0.15) is 0 Å². The molecule has 3 rings (SSSR count). The molecule has 0 saturated heterocycles. The largest absolute Gasteiger partial charge is 0.459 e. The maximum absolute atomic E-state index is 12.8. The van der Waals surface area contributed by atoms with Gasteiger partial charge in [0.05, 0.1) is 17.3 Å². The third-order valence-corrected chi connectivity index (χ3v) is 3.49. The average Bonchev–Trinajstić information content (AvgIpc) is 3.05. The molecule has 0 aliphatic heterocycles. The van der Waals surface area contributed by atoms with Crippen molar-refractivity contribution in [3.63, 3.8) is 0 Å². The molecule has 3 aromatic rings. The van der Waals surface area contributed by atoms with Gasteiger partial charge in [0.25, 0.3) is 5.91 Å². The third kappa shape index (κ3) is 2.17. The van der Waals surface area contributed by atoms with E-state index in [1.165, 1.54) is 6.26 Å². The van der Waals surface area contributed by atoms with Crippen LogP contribution in [0.4, 0.5) is 0 Å². The lowest BCUT2D eigenvalue weighted by molar-refractivity contribution is 0.0930. The lowest BCUT2D eigenvalue weighted by Gasteiger charge is -2.18. The molecule has 2 heterocycles. The summed E-state index contributed by atoms with van der Waals surface area (Å²) in [5.74, 6) is 0.882. The predicted octanol–water partition coefficient (Wildman–Crippen LogP) is 3.92. The standard InChI is InChI=1S/C17H18N2O2/c1-11-7-5-8-12-14(11)18-16(17(2,3)4)19(12)15(20)13-9-6-10-21-13/h5-10H,1-4H3. The normalized spacial score (nSPS) is 12.0. The summed E-state index contributed by atoms with van der Waals surface area (Å²) in [5, 5.41) is 0. The number of rotatable bonds is 1. The third-order valence-electron chi connectivity index (χ3n) is 3.49. The van der Waals surface area contributed by atoms with Crippen LogP contribution in [0.5, 0.6) is 0 Å². The van der Waals surface area contributed by atoms with E-state index < -0.39 is 0 Å². The lowest BCUT2D eigenvalue weighted by atomic mass is 9.95. The Morgan fingerprint density at radius 1 is 1.19 bits per heavy atom. The fraction of sp³-hybridized carbons (Fsp3) is 0.294. The first kappa shape index (κ1) is 13.6. The van der Waals surface area contributed by atoms with Crippen molar-refractivity contribution in [3.8, 4) is 0 Å². The van der Waals surface area contributed by atoms with Gasteiger partial charge in [-0.15, -0.1) is 0 Å². The molecule has 0 aliphatic rings. The fourth-order valence-corrected chi connectivity index (χ4v) is 2.46. The molecule has 0 spiro atoms. The lowest BCUT2D eigenvalue weighted by Crippen LogP contribution is -2.23. The zero-order chi connectivity index (χ0) is 15.2. The number of fused-ring (bicyclic) bond motifs is 1. The van der Waals surface area contributed by atoms with Crippen molar-refractivity contribution in [2.24, 2.45) is 0 Å². The molecule has 0 saturated carbocycles. The number of furan rings is 1. The van der Waals surface area contributed by atoms with Crippen LogP contribution in [0.3, 0.4) is 0 Å². The van der Waals surface area contributed by atoms with Crippen LogP contribution < -0.4 is 0 Å². The molecule has 21 heavy (non-hydrogen) atoms. The van der Waals surface area contributed by atoms with E-state index in [4.69, 9.17) is 9.40 Å². The number of aromatic nitrogens is 2. The van der Waals surface area contributed by atoms with Crippen LogP contribution in [0.15, 0.2) is 41.0 Å². The summed E-state index contributed by atoms with van der Waals surface area (Å²) in [6.07, 6.45) is 1.51. The Labute approximate surface area is 123 Å². The van der Waals surface area contributed by atoms with Gasteiger partial charge in [-0.1, -0.05) is 32.9 Å². The summed E-state index contributed by atoms with van der Waals surface area (Å²) in [6.45, 7) is 8.16. The first-order valence-electron chi connectivity index (χ1n) is 6.96. The number of imidazole rings is 1. The van der Waals surface area contributed by atoms with Crippen LogP contribution in [-0.4, -0.2) is 15.5 Å². The van der Waals surface area contributed by atoms with Gasteiger partial charge in [0.15, 0.2) is 5.76 Å².